The lowest BCUT2D eigenvalue weighted by molar-refractivity contribution is -0.141. The van der Waals surface area contributed by atoms with E-state index in [0.717, 1.165) is 25.7 Å². The zero-order chi connectivity index (χ0) is 10.1. The highest BCUT2D eigenvalue weighted by molar-refractivity contribution is 4.94. The molecule has 3 atom stereocenters. The van der Waals surface area contributed by atoms with E-state index in [9.17, 15) is 10.2 Å². The first-order valence-corrected chi connectivity index (χ1v) is 5.39. The Hall–Kier alpha value is -0.0800. The molecule has 13 heavy (non-hydrogen) atoms. The Balaban J connectivity index is 2.71. The zero-order valence-corrected chi connectivity index (χ0v) is 8.95. The van der Waals surface area contributed by atoms with Gasteiger partial charge in [-0.15, -0.1) is 0 Å². The molecule has 1 aliphatic rings. The summed E-state index contributed by atoms with van der Waals surface area (Å²) in [5.74, 6) is 0.612. The third kappa shape index (κ3) is 2.05. The van der Waals surface area contributed by atoms with Crippen molar-refractivity contribution in [2.24, 2.45) is 11.8 Å². The molecule has 2 nitrogen and oxygen atoms in total. The molecular weight excluding hydrogens is 164 g/mol. The lowest BCUT2D eigenvalue weighted by Crippen LogP contribution is -2.51. The fraction of sp³-hybridized carbons (Fsp3) is 1.00. The average molecular weight is 186 g/mol. The van der Waals surface area contributed by atoms with Gasteiger partial charge < -0.3 is 10.2 Å². The fourth-order valence-electron chi connectivity index (χ4n) is 2.27. The van der Waals surface area contributed by atoms with E-state index in [-0.39, 0.29) is 5.92 Å². The molecule has 1 rings (SSSR count). The molecule has 0 spiro atoms. The molecule has 0 aliphatic heterocycles. The first kappa shape index (κ1) is 11.0. The first-order valence-electron chi connectivity index (χ1n) is 5.39. The van der Waals surface area contributed by atoms with Gasteiger partial charge in [-0.05, 0) is 24.7 Å². The zero-order valence-electron chi connectivity index (χ0n) is 8.95. The summed E-state index contributed by atoms with van der Waals surface area (Å²) in [6, 6.07) is 0. The van der Waals surface area contributed by atoms with E-state index in [1.807, 2.05) is 6.92 Å². The minimum atomic E-state index is -0.827. The van der Waals surface area contributed by atoms with Crippen molar-refractivity contribution in [3.8, 4) is 0 Å². The second kappa shape index (κ2) is 3.97. The third-order valence-corrected chi connectivity index (χ3v) is 3.67. The van der Waals surface area contributed by atoms with E-state index < -0.39 is 11.7 Å². The smallest absolute Gasteiger partial charge is 0.0933 e. The van der Waals surface area contributed by atoms with E-state index in [1.165, 1.54) is 0 Å². The maximum Gasteiger partial charge on any atom is 0.0933 e. The van der Waals surface area contributed by atoms with Crippen LogP contribution in [0.3, 0.4) is 0 Å². The molecule has 0 aromatic heterocycles. The summed E-state index contributed by atoms with van der Waals surface area (Å²) in [6.07, 6.45) is 3.10. The lowest BCUT2D eigenvalue weighted by atomic mass is 9.70. The van der Waals surface area contributed by atoms with Crippen LogP contribution in [-0.4, -0.2) is 21.9 Å². The number of rotatable bonds is 2. The van der Waals surface area contributed by atoms with Crippen molar-refractivity contribution in [1.82, 2.24) is 0 Å². The number of aliphatic hydroxyl groups excluding tert-OH is 1. The molecule has 0 radical (unpaired) electrons. The van der Waals surface area contributed by atoms with Crippen LogP contribution >= 0.6 is 0 Å². The van der Waals surface area contributed by atoms with Gasteiger partial charge in [-0.1, -0.05) is 33.6 Å². The van der Waals surface area contributed by atoms with Gasteiger partial charge in [-0.3, -0.25) is 0 Å². The molecule has 2 heteroatoms. The van der Waals surface area contributed by atoms with Crippen molar-refractivity contribution in [3.05, 3.63) is 0 Å². The highest BCUT2D eigenvalue weighted by atomic mass is 16.3. The van der Waals surface area contributed by atoms with Crippen LogP contribution in [0.25, 0.3) is 0 Å². The highest BCUT2D eigenvalue weighted by Crippen LogP contribution is 2.37. The summed E-state index contributed by atoms with van der Waals surface area (Å²) in [6.45, 7) is 6.24. The van der Waals surface area contributed by atoms with Gasteiger partial charge in [-0.2, -0.15) is 0 Å². The summed E-state index contributed by atoms with van der Waals surface area (Å²) in [7, 11) is 0. The maximum absolute atomic E-state index is 10.3. The van der Waals surface area contributed by atoms with E-state index in [2.05, 4.69) is 13.8 Å². The Bertz CT molecular complexity index is 167. The van der Waals surface area contributed by atoms with E-state index in [0.29, 0.717) is 5.92 Å². The predicted molar refractivity (Wildman–Crippen MR) is 53.4 cm³/mol. The summed E-state index contributed by atoms with van der Waals surface area (Å²) < 4.78 is 0. The highest BCUT2D eigenvalue weighted by Gasteiger charge is 2.43. The van der Waals surface area contributed by atoms with Crippen LogP contribution in [0.2, 0.25) is 0 Å². The number of hydrogen-bond donors (Lipinski definition) is 2. The van der Waals surface area contributed by atoms with E-state index in [1.54, 1.807) is 0 Å². The maximum atomic E-state index is 10.3. The van der Waals surface area contributed by atoms with Crippen LogP contribution in [0.5, 0.6) is 0 Å². The third-order valence-electron chi connectivity index (χ3n) is 3.67. The van der Waals surface area contributed by atoms with Gasteiger partial charge in [0, 0.05) is 0 Å². The fourth-order valence-corrected chi connectivity index (χ4v) is 2.27. The molecule has 1 fully saturated rings. The minimum Gasteiger partial charge on any atom is -0.390 e. The average Bonchev–Trinajstić information content (AvgIpc) is 2.09. The van der Waals surface area contributed by atoms with Crippen molar-refractivity contribution < 1.29 is 10.2 Å². The lowest BCUT2D eigenvalue weighted by Gasteiger charge is -2.43. The molecule has 0 heterocycles. The Morgan fingerprint density at radius 1 is 1.23 bits per heavy atom. The normalized spacial score (nSPS) is 37.8. The minimum absolute atomic E-state index is 0.183. The molecule has 1 aliphatic carbocycles. The Morgan fingerprint density at radius 2 is 1.85 bits per heavy atom. The van der Waals surface area contributed by atoms with Gasteiger partial charge >= 0.3 is 0 Å². The first-order chi connectivity index (χ1) is 5.98. The summed E-state index contributed by atoms with van der Waals surface area (Å²) in [5.41, 5.74) is -0.827. The van der Waals surface area contributed by atoms with Crippen LogP contribution in [0.15, 0.2) is 0 Å². The van der Waals surface area contributed by atoms with Crippen LogP contribution in [0.4, 0.5) is 0 Å². The van der Waals surface area contributed by atoms with Crippen LogP contribution in [0, 0.1) is 11.8 Å². The van der Waals surface area contributed by atoms with Crippen molar-refractivity contribution in [2.45, 2.75) is 58.2 Å². The molecule has 0 saturated heterocycles. The van der Waals surface area contributed by atoms with Gasteiger partial charge in [0.15, 0.2) is 0 Å². The van der Waals surface area contributed by atoms with Gasteiger partial charge in [0.05, 0.1) is 11.7 Å². The monoisotopic (exact) mass is 186 g/mol. The molecule has 0 aromatic rings. The van der Waals surface area contributed by atoms with Crippen LogP contribution in [0.1, 0.15) is 46.5 Å². The van der Waals surface area contributed by atoms with Crippen molar-refractivity contribution in [2.75, 3.05) is 0 Å². The predicted octanol–water partition coefficient (Wildman–Crippen LogP) is 1.94. The summed E-state index contributed by atoms with van der Waals surface area (Å²) in [5, 5.41) is 20.1. The second-order valence-electron chi connectivity index (χ2n) is 4.79. The largest absolute Gasteiger partial charge is 0.390 e. The Labute approximate surface area is 81.0 Å². The number of aliphatic hydroxyl groups is 2. The second-order valence-corrected chi connectivity index (χ2v) is 4.79. The Morgan fingerprint density at radius 3 is 2.31 bits per heavy atom. The molecule has 2 N–H and O–H groups in total. The van der Waals surface area contributed by atoms with Crippen LogP contribution < -0.4 is 0 Å². The van der Waals surface area contributed by atoms with E-state index in [4.69, 9.17) is 0 Å². The molecule has 0 bridgehead atoms. The molecule has 0 aromatic carbocycles. The topological polar surface area (TPSA) is 40.5 Å². The van der Waals surface area contributed by atoms with Gasteiger partial charge in [0.2, 0.25) is 0 Å². The summed E-state index contributed by atoms with van der Waals surface area (Å²) in [4.78, 5) is 0. The molecular formula is C11H22O2. The summed E-state index contributed by atoms with van der Waals surface area (Å²) >= 11 is 0. The quantitative estimate of drug-likeness (QED) is 0.692. The van der Waals surface area contributed by atoms with Gasteiger partial charge in [0.1, 0.15) is 0 Å². The van der Waals surface area contributed by atoms with Crippen molar-refractivity contribution in [3.63, 3.8) is 0 Å². The standard InChI is InChI=1S/C11H22O2/c1-8(2)9(3)11(13)7-5-4-6-10(11)12/h8-10,12-13H,4-7H2,1-3H3. The SMILES string of the molecule is CC(C)C(C)C1(O)CCCCC1O. The van der Waals surface area contributed by atoms with Gasteiger partial charge in [-0.25, -0.2) is 0 Å². The van der Waals surface area contributed by atoms with Crippen molar-refractivity contribution >= 4 is 0 Å². The molecule has 3 unspecified atom stereocenters. The molecule has 78 valence electrons. The van der Waals surface area contributed by atoms with Gasteiger partial charge in [0.25, 0.3) is 0 Å². The molecule has 0 amide bonds. The number of hydrogen-bond acceptors (Lipinski definition) is 2. The molecule has 1 saturated carbocycles. The van der Waals surface area contributed by atoms with Crippen molar-refractivity contribution in [1.29, 1.82) is 0 Å². The van der Waals surface area contributed by atoms with Crippen LogP contribution in [-0.2, 0) is 0 Å². The van der Waals surface area contributed by atoms with E-state index >= 15 is 0 Å². The Kier molecular flexibility index (Phi) is 3.36.